The Hall–Kier alpha value is -3.28. The molecule has 0 radical (unpaired) electrons. The highest BCUT2D eigenvalue weighted by molar-refractivity contribution is 7.21. The van der Waals surface area contributed by atoms with Gasteiger partial charge in [-0.2, -0.15) is 0 Å². The molecule has 0 bridgehead atoms. The number of hydrogen-bond donors (Lipinski definition) is 0. The zero-order chi connectivity index (χ0) is 21.4. The van der Waals surface area contributed by atoms with Gasteiger partial charge in [-0.05, 0) is 53.6 Å². The van der Waals surface area contributed by atoms with E-state index in [1.54, 1.807) is 28.8 Å². The number of hydrogen-bond acceptors (Lipinski definition) is 3. The first-order valence-electron chi connectivity index (χ1n) is 9.69. The van der Waals surface area contributed by atoms with E-state index in [9.17, 15) is 9.18 Å². The number of halogens is 2. The molecule has 5 rings (SSSR count). The zero-order valence-corrected chi connectivity index (χ0v) is 17.8. The fraction of sp³-hybridized carbons (Fsp3) is 0.0400. The Balaban J connectivity index is 1.73. The maximum atomic E-state index is 13.8. The Kier molecular flexibility index (Phi) is 5.14. The van der Waals surface area contributed by atoms with Crippen LogP contribution >= 0.6 is 22.9 Å². The minimum Gasteiger partial charge on any atom is -0.288 e. The molecule has 5 aromatic rings. The van der Waals surface area contributed by atoms with Gasteiger partial charge in [0, 0.05) is 15.5 Å². The summed E-state index contributed by atoms with van der Waals surface area (Å²) in [6.45, 7) is 0.216. The highest BCUT2D eigenvalue weighted by Gasteiger charge is 2.17. The number of nitrogens with zero attached hydrogens (tertiary/aromatic N) is 2. The second-order valence-electron chi connectivity index (χ2n) is 7.16. The van der Waals surface area contributed by atoms with Crippen LogP contribution in [0.25, 0.3) is 32.0 Å². The van der Waals surface area contributed by atoms with Gasteiger partial charge in [0.05, 0.1) is 11.9 Å². The predicted molar refractivity (Wildman–Crippen MR) is 125 cm³/mol. The van der Waals surface area contributed by atoms with Gasteiger partial charge in [0.25, 0.3) is 5.56 Å². The molecule has 0 aliphatic rings. The van der Waals surface area contributed by atoms with Gasteiger partial charge in [-0.15, -0.1) is 11.3 Å². The van der Waals surface area contributed by atoms with E-state index in [4.69, 9.17) is 16.6 Å². The second kappa shape index (κ2) is 8.10. The average molecular weight is 447 g/mol. The number of aromatic nitrogens is 2. The zero-order valence-electron chi connectivity index (χ0n) is 16.3. The van der Waals surface area contributed by atoms with E-state index < -0.39 is 0 Å². The van der Waals surface area contributed by atoms with Gasteiger partial charge in [0.15, 0.2) is 0 Å². The first kappa shape index (κ1) is 19.7. The summed E-state index contributed by atoms with van der Waals surface area (Å²) in [5, 5.41) is 1.16. The molecule has 0 atom stereocenters. The van der Waals surface area contributed by atoms with Crippen molar-refractivity contribution in [2.45, 2.75) is 6.54 Å². The van der Waals surface area contributed by atoms with Crippen LogP contribution in [0, 0.1) is 5.82 Å². The summed E-state index contributed by atoms with van der Waals surface area (Å²) in [5.41, 5.74) is 2.35. The standard InChI is InChI=1S/C25H16ClFN2OS/c26-19-11-9-18(10-12-19)23-28-24-21(14-22(31-24)17-6-2-1-3-7-17)25(30)29(23)15-16-5-4-8-20(27)13-16/h1-14H,15H2. The van der Waals surface area contributed by atoms with Crippen molar-refractivity contribution in [1.29, 1.82) is 0 Å². The molecule has 0 N–H and O–H groups in total. The lowest BCUT2D eigenvalue weighted by molar-refractivity contribution is 0.623. The van der Waals surface area contributed by atoms with Crippen molar-refractivity contribution < 1.29 is 4.39 Å². The quantitative estimate of drug-likeness (QED) is 0.310. The summed E-state index contributed by atoms with van der Waals surface area (Å²) in [6, 6.07) is 25.3. The van der Waals surface area contributed by atoms with E-state index in [1.807, 2.05) is 48.5 Å². The molecule has 0 unspecified atom stereocenters. The highest BCUT2D eigenvalue weighted by Crippen LogP contribution is 2.32. The first-order valence-corrected chi connectivity index (χ1v) is 10.9. The number of rotatable bonds is 4. The maximum absolute atomic E-state index is 13.8. The van der Waals surface area contributed by atoms with Crippen molar-refractivity contribution in [3.63, 3.8) is 0 Å². The molecule has 0 spiro atoms. The third kappa shape index (κ3) is 3.90. The molecule has 3 aromatic carbocycles. The van der Waals surface area contributed by atoms with Crippen molar-refractivity contribution in [3.8, 4) is 21.8 Å². The fourth-order valence-corrected chi connectivity index (χ4v) is 4.70. The summed E-state index contributed by atoms with van der Waals surface area (Å²) in [7, 11) is 0. The van der Waals surface area contributed by atoms with Crippen molar-refractivity contribution in [2.75, 3.05) is 0 Å². The molecule has 2 heterocycles. The average Bonchev–Trinajstić information content (AvgIpc) is 3.22. The normalized spacial score (nSPS) is 11.2. The summed E-state index contributed by atoms with van der Waals surface area (Å²) < 4.78 is 15.4. The predicted octanol–water partition coefficient (Wildman–Crippen LogP) is 6.63. The molecule has 31 heavy (non-hydrogen) atoms. The van der Waals surface area contributed by atoms with E-state index in [0.717, 1.165) is 16.0 Å². The van der Waals surface area contributed by atoms with Gasteiger partial charge >= 0.3 is 0 Å². The Morgan fingerprint density at radius 2 is 1.68 bits per heavy atom. The second-order valence-corrected chi connectivity index (χ2v) is 8.63. The monoisotopic (exact) mass is 446 g/mol. The van der Waals surface area contributed by atoms with Crippen LogP contribution in [0.15, 0.2) is 89.7 Å². The molecule has 152 valence electrons. The smallest absolute Gasteiger partial charge is 0.262 e. The SMILES string of the molecule is O=c1c2cc(-c3ccccc3)sc2nc(-c2ccc(Cl)cc2)n1Cc1cccc(F)c1. The summed E-state index contributed by atoms with van der Waals surface area (Å²) in [6.07, 6.45) is 0. The fourth-order valence-electron chi connectivity index (χ4n) is 3.54. The van der Waals surface area contributed by atoms with Crippen molar-refractivity contribution in [2.24, 2.45) is 0 Å². The molecule has 6 heteroatoms. The summed E-state index contributed by atoms with van der Waals surface area (Å²) in [4.78, 5) is 20.0. The molecule has 3 nitrogen and oxygen atoms in total. The molecule has 0 aliphatic heterocycles. The van der Waals surface area contributed by atoms with Crippen LogP contribution in [-0.4, -0.2) is 9.55 Å². The Morgan fingerprint density at radius 3 is 2.42 bits per heavy atom. The lowest BCUT2D eigenvalue weighted by atomic mass is 10.1. The van der Waals surface area contributed by atoms with Gasteiger partial charge in [0.2, 0.25) is 0 Å². The molecule has 0 saturated heterocycles. The van der Waals surface area contributed by atoms with Crippen LogP contribution in [0.5, 0.6) is 0 Å². The van der Waals surface area contributed by atoms with Gasteiger partial charge in [-0.3, -0.25) is 9.36 Å². The van der Waals surface area contributed by atoms with E-state index >= 15 is 0 Å². The van der Waals surface area contributed by atoms with Gasteiger partial charge in [0.1, 0.15) is 16.5 Å². The Bertz CT molecular complexity index is 1440. The molecule has 0 fully saturated rings. The van der Waals surface area contributed by atoms with E-state index in [-0.39, 0.29) is 17.9 Å². The third-order valence-corrected chi connectivity index (χ3v) is 6.37. The van der Waals surface area contributed by atoms with Crippen molar-refractivity contribution in [1.82, 2.24) is 9.55 Å². The summed E-state index contributed by atoms with van der Waals surface area (Å²) >= 11 is 7.54. The lowest BCUT2D eigenvalue weighted by Gasteiger charge is -2.13. The van der Waals surface area contributed by atoms with Gasteiger partial charge in [-0.25, -0.2) is 9.37 Å². The number of benzene rings is 3. The van der Waals surface area contributed by atoms with Crippen LogP contribution in [-0.2, 0) is 6.54 Å². The maximum Gasteiger partial charge on any atom is 0.262 e. The number of fused-ring (bicyclic) bond motifs is 1. The van der Waals surface area contributed by atoms with Crippen molar-refractivity contribution >= 4 is 33.2 Å². The van der Waals surface area contributed by atoms with Gasteiger partial charge in [-0.1, -0.05) is 54.1 Å². The molecule has 0 aliphatic carbocycles. The minimum atomic E-state index is -0.338. The Morgan fingerprint density at radius 1 is 0.903 bits per heavy atom. The molecular weight excluding hydrogens is 431 g/mol. The molecule has 0 saturated carbocycles. The van der Waals surface area contributed by atoms with E-state index in [0.29, 0.717) is 26.6 Å². The lowest BCUT2D eigenvalue weighted by Crippen LogP contribution is -2.23. The first-order chi connectivity index (χ1) is 15.1. The van der Waals surface area contributed by atoms with Crippen molar-refractivity contribution in [3.05, 3.63) is 112 Å². The van der Waals surface area contributed by atoms with Crippen LogP contribution in [0.2, 0.25) is 5.02 Å². The van der Waals surface area contributed by atoms with Gasteiger partial charge < -0.3 is 0 Å². The molecule has 0 amide bonds. The van der Waals surface area contributed by atoms with Crippen LogP contribution in [0.4, 0.5) is 4.39 Å². The van der Waals surface area contributed by atoms with Crippen LogP contribution in [0.1, 0.15) is 5.56 Å². The van der Waals surface area contributed by atoms with Crippen LogP contribution < -0.4 is 5.56 Å². The minimum absolute atomic E-state index is 0.155. The summed E-state index contributed by atoms with van der Waals surface area (Å²) in [5.74, 6) is 0.189. The van der Waals surface area contributed by atoms with Crippen LogP contribution in [0.3, 0.4) is 0 Å². The molecule has 2 aromatic heterocycles. The largest absolute Gasteiger partial charge is 0.288 e. The Labute approximate surface area is 187 Å². The number of thiophene rings is 1. The van der Waals surface area contributed by atoms with E-state index in [2.05, 4.69) is 0 Å². The highest BCUT2D eigenvalue weighted by atomic mass is 35.5. The third-order valence-electron chi connectivity index (χ3n) is 5.04. The topological polar surface area (TPSA) is 34.9 Å². The molecular formula is C25H16ClFN2OS. The van der Waals surface area contributed by atoms with E-state index in [1.165, 1.54) is 23.5 Å².